The molecule has 0 bridgehead atoms. The van der Waals surface area contributed by atoms with E-state index in [-0.39, 0.29) is 5.91 Å². The molecule has 2 N–H and O–H groups in total. The molecule has 1 fully saturated rings. The molecule has 1 aliphatic rings. The van der Waals surface area contributed by atoms with Gasteiger partial charge in [-0.15, -0.1) is 0 Å². The number of carbonyl (C=O) groups excluding carboxylic acids is 1. The minimum absolute atomic E-state index is 0.0255. The number of carbonyl (C=O) groups is 1. The lowest BCUT2D eigenvalue weighted by molar-refractivity contribution is 0.0951. The molecule has 0 atom stereocenters. The summed E-state index contributed by atoms with van der Waals surface area (Å²) in [6, 6.07) is 3.63. The smallest absolute Gasteiger partial charge is 0.252 e. The molecule has 1 aromatic rings. The van der Waals surface area contributed by atoms with Gasteiger partial charge in [-0.2, -0.15) is 0 Å². The topological polar surface area (TPSA) is 54.0 Å². The average Bonchev–Trinajstić information content (AvgIpc) is 3.11. The van der Waals surface area contributed by atoms with E-state index in [4.69, 9.17) is 0 Å². The number of aromatic nitrogens is 1. The predicted molar refractivity (Wildman–Crippen MR) is 63.5 cm³/mol. The van der Waals surface area contributed by atoms with E-state index in [1.807, 2.05) is 13.0 Å². The van der Waals surface area contributed by atoms with Gasteiger partial charge in [-0.1, -0.05) is 0 Å². The third-order valence-corrected chi connectivity index (χ3v) is 2.63. The maximum absolute atomic E-state index is 11.7. The Bertz CT molecular complexity index is 357. The Morgan fingerprint density at radius 2 is 2.31 bits per heavy atom. The van der Waals surface area contributed by atoms with Crippen LogP contribution in [0.15, 0.2) is 18.3 Å². The zero-order chi connectivity index (χ0) is 11.4. The van der Waals surface area contributed by atoms with Crippen molar-refractivity contribution in [2.45, 2.75) is 19.8 Å². The molecule has 1 amide bonds. The van der Waals surface area contributed by atoms with Crippen molar-refractivity contribution in [1.29, 1.82) is 0 Å². The molecule has 4 heteroatoms. The number of rotatable bonds is 5. The Morgan fingerprint density at radius 3 is 2.88 bits per heavy atom. The molecule has 0 radical (unpaired) electrons. The minimum atomic E-state index is -0.0255. The van der Waals surface area contributed by atoms with Crippen LogP contribution >= 0.6 is 0 Å². The highest BCUT2D eigenvalue weighted by Crippen LogP contribution is 2.27. The van der Waals surface area contributed by atoms with Crippen LogP contribution < -0.4 is 10.6 Å². The lowest BCUT2D eigenvalue weighted by atomic mass is 10.2. The van der Waals surface area contributed by atoms with Gasteiger partial charge in [0, 0.05) is 19.3 Å². The highest BCUT2D eigenvalue weighted by atomic mass is 16.1. The van der Waals surface area contributed by atoms with E-state index in [2.05, 4.69) is 15.6 Å². The van der Waals surface area contributed by atoms with Gasteiger partial charge < -0.3 is 10.6 Å². The highest BCUT2D eigenvalue weighted by molar-refractivity contribution is 5.94. The first-order chi connectivity index (χ1) is 7.79. The number of anilines is 1. The summed E-state index contributed by atoms with van der Waals surface area (Å²) in [4.78, 5) is 15.8. The lowest BCUT2D eigenvalue weighted by Crippen LogP contribution is -2.25. The second-order valence-corrected chi connectivity index (χ2v) is 4.12. The fourth-order valence-corrected chi connectivity index (χ4v) is 1.47. The maximum atomic E-state index is 11.7. The van der Waals surface area contributed by atoms with Gasteiger partial charge in [-0.3, -0.25) is 4.79 Å². The van der Waals surface area contributed by atoms with Crippen molar-refractivity contribution in [3.63, 3.8) is 0 Å². The van der Waals surface area contributed by atoms with Crippen molar-refractivity contribution < 1.29 is 4.79 Å². The van der Waals surface area contributed by atoms with Crippen molar-refractivity contribution in [3.05, 3.63) is 23.9 Å². The van der Waals surface area contributed by atoms with Crippen LogP contribution in [0.2, 0.25) is 0 Å². The Balaban J connectivity index is 1.88. The standard InChI is InChI=1S/C12H17N3O/c1-2-13-11-6-5-10(8-14-11)12(16)15-7-9-3-4-9/h5-6,8-9H,2-4,7H2,1H3,(H,13,14)(H,15,16). The maximum Gasteiger partial charge on any atom is 0.252 e. The fourth-order valence-electron chi connectivity index (χ4n) is 1.47. The Labute approximate surface area is 95.5 Å². The number of pyridine rings is 1. The second-order valence-electron chi connectivity index (χ2n) is 4.12. The molecular weight excluding hydrogens is 202 g/mol. The summed E-state index contributed by atoms with van der Waals surface area (Å²) in [6.07, 6.45) is 4.11. The molecule has 1 saturated carbocycles. The molecule has 2 rings (SSSR count). The van der Waals surface area contributed by atoms with Gasteiger partial charge in [0.05, 0.1) is 5.56 Å². The Kier molecular flexibility index (Phi) is 3.39. The zero-order valence-corrected chi connectivity index (χ0v) is 9.49. The molecule has 0 unspecified atom stereocenters. The molecular formula is C12H17N3O. The third kappa shape index (κ3) is 2.95. The van der Waals surface area contributed by atoms with Gasteiger partial charge in [0.25, 0.3) is 5.91 Å². The highest BCUT2D eigenvalue weighted by Gasteiger charge is 2.21. The summed E-state index contributed by atoms with van der Waals surface area (Å²) in [7, 11) is 0. The fraction of sp³-hybridized carbons (Fsp3) is 0.500. The van der Waals surface area contributed by atoms with Gasteiger partial charge in [0.2, 0.25) is 0 Å². The predicted octanol–water partition coefficient (Wildman–Crippen LogP) is 1.65. The number of amides is 1. The SMILES string of the molecule is CCNc1ccc(C(=O)NCC2CC2)cn1. The summed E-state index contributed by atoms with van der Waals surface area (Å²) < 4.78 is 0. The Morgan fingerprint density at radius 1 is 1.50 bits per heavy atom. The van der Waals surface area contributed by atoms with Crippen LogP contribution in [0.4, 0.5) is 5.82 Å². The van der Waals surface area contributed by atoms with Crippen LogP contribution in [0.3, 0.4) is 0 Å². The van der Waals surface area contributed by atoms with Gasteiger partial charge in [0.15, 0.2) is 0 Å². The number of hydrogen-bond donors (Lipinski definition) is 2. The summed E-state index contributed by atoms with van der Waals surface area (Å²) in [5.41, 5.74) is 0.627. The molecule has 0 spiro atoms. The molecule has 1 aliphatic carbocycles. The van der Waals surface area contributed by atoms with Gasteiger partial charge in [0.1, 0.15) is 5.82 Å². The Hall–Kier alpha value is -1.58. The quantitative estimate of drug-likeness (QED) is 0.791. The van der Waals surface area contributed by atoms with E-state index in [0.717, 1.165) is 18.9 Å². The summed E-state index contributed by atoms with van der Waals surface area (Å²) in [6.45, 7) is 3.64. The van der Waals surface area contributed by atoms with Gasteiger partial charge in [-0.25, -0.2) is 4.98 Å². The van der Waals surface area contributed by atoms with Gasteiger partial charge >= 0.3 is 0 Å². The number of nitrogens with zero attached hydrogens (tertiary/aromatic N) is 1. The van der Waals surface area contributed by atoms with Crippen molar-refractivity contribution in [3.8, 4) is 0 Å². The molecule has 86 valence electrons. The second kappa shape index (κ2) is 4.96. The van der Waals surface area contributed by atoms with Crippen LogP contribution in [0.1, 0.15) is 30.1 Å². The van der Waals surface area contributed by atoms with Crippen LogP contribution in [-0.2, 0) is 0 Å². The van der Waals surface area contributed by atoms with Crippen molar-refractivity contribution >= 4 is 11.7 Å². The first kappa shape index (κ1) is 10.9. The molecule has 1 heterocycles. The number of hydrogen-bond acceptors (Lipinski definition) is 3. The first-order valence-electron chi connectivity index (χ1n) is 5.77. The average molecular weight is 219 g/mol. The van der Waals surface area contributed by atoms with Crippen LogP contribution in [0.5, 0.6) is 0 Å². The van der Waals surface area contributed by atoms with Crippen LogP contribution in [0.25, 0.3) is 0 Å². The zero-order valence-electron chi connectivity index (χ0n) is 9.49. The summed E-state index contributed by atoms with van der Waals surface area (Å²) in [5, 5.41) is 6.00. The van der Waals surface area contributed by atoms with E-state index >= 15 is 0 Å². The molecule has 0 aliphatic heterocycles. The van der Waals surface area contributed by atoms with E-state index in [1.54, 1.807) is 12.3 Å². The molecule has 4 nitrogen and oxygen atoms in total. The number of nitrogens with one attached hydrogen (secondary N) is 2. The monoisotopic (exact) mass is 219 g/mol. The lowest BCUT2D eigenvalue weighted by Gasteiger charge is -2.05. The van der Waals surface area contributed by atoms with Crippen LogP contribution in [0, 0.1) is 5.92 Å². The van der Waals surface area contributed by atoms with E-state index in [9.17, 15) is 4.79 Å². The molecule has 0 aromatic carbocycles. The van der Waals surface area contributed by atoms with E-state index in [0.29, 0.717) is 11.5 Å². The summed E-state index contributed by atoms with van der Waals surface area (Å²) >= 11 is 0. The van der Waals surface area contributed by atoms with Crippen molar-refractivity contribution in [1.82, 2.24) is 10.3 Å². The molecule has 1 aromatic heterocycles. The van der Waals surface area contributed by atoms with E-state index in [1.165, 1.54) is 12.8 Å². The van der Waals surface area contributed by atoms with Crippen molar-refractivity contribution in [2.24, 2.45) is 5.92 Å². The normalized spacial score (nSPS) is 14.6. The molecule has 0 saturated heterocycles. The first-order valence-corrected chi connectivity index (χ1v) is 5.77. The van der Waals surface area contributed by atoms with Crippen molar-refractivity contribution in [2.75, 3.05) is 18.4 Å². The summed E-state index contributed by atoms with van der Waals surface area (Å²) in [5.74, 6) is 1.49. The van der Waals surface area contributed by atoms with E-state index < -0.39 is 0 Å². The third-order valence-electron chi connectivity index (χ3n) is 2.63. The van der Waals surface area contributed by atoms with Gasteiger partial charge in [-0.05, 0) is 37.8 Å². The molecule has 16 heavy (non-hydrogen) atoms. The van der Waals surface area contributed by atoms with Crippen LogP contribution in [-0.4, -0.2) is 24.0 Å². The minimum Gasteiger partial charge on any atom is -0.370 e. The largest absolute Gasteiger partial charge is 0.370 e.